The molecule has 7 heteroatoms. The first-order chi connectivity index (χ1) is 11.9. The van der Waals surface area contributed by atoms with Gasteiger partial charge in [-0.1, -0.05) is 31.7 Å². The van der Waals surface area contributed by atoms with Gasteiger partial charge in [0, 0.05) is 4.88 Å². The number of rotatable bonds is 4. The number of aryl methyl sites for hydroxylation is 1. The van der Waals surface area contributed by atoms with Crippen LogP contribution in [0.5, 0.6) is 0 Å². The molecular formula is C18H22N4OS2. The zero-order chi connectivity index (χ0) is 18.2. The summed E-state index contributed by atoms with van der Waals surface area (Å²) in [5.41, 5.74) is 2.68. The number of carbonyl (C=O) groups excluding carboxylic acids is 1. The Kier molecular flexibility index (Phi) is 4.94. The van der Waals surface area contributed by atoms with Gasteiger partial charge in [0.25, 0.3) is 5.91 Å². The number of hydrogen-bond donors (Lipinski definition) is 1. The summed E-state index contributed by atoms with van der Waals surface area (Å²) in [6.45, 7) is 8.65. The number of anilines is 1. The Hall–Kier alpha value is -1.78. The largest absolute Gasteiger partial charge is 0.312 e. The van der Waals surface area contributed by atoms with Gasteiger partial charge in [0.05, 0.1) is 11.3 Å². The molecule has 0 saturated carbocycles. The van der Waals surface area contributed by atoms with E-state index in [0.29, 0.717) is 32.5 Å². The van der Waals surface area contributed by atoms with E-state index in [2.05, 4.69) is 41.7 Å². The molecule has 0 fully saturated rings. The van der Waals surface area contributed by atoms with E-state index in [1.807, 2.05) is 0 Å². The Bertz CT molecular complexity index is 844. The monoisotopic (exact) mass is 374 g/mol. The van der Waals surface area contributed by atoms with Crippen LogP contribution in [0, 0.1) is 29.6 Å². The topological polar surface area (TPSA) is 78.7 Å². The van der Waals surface area contributed by atoms with Crippen molar-refractivity contribution in [1.82, 2.24) is 9.59 Å². The van der Waals surface area contributed by atoms with Gasteiger partial charge in [0.1, 0.15) is 15.9 Å². The third-order valence-corrected chi connectivity index (χ3v) is 7.47. The van der Waals surface area contributed by atoms with Crippen LogP contribution >= 0.6 is 22.9 Å². The highest BCUT2D eigenvalue weighted by atomic mass is 32.1. The molecule has 1 aliphatic carbocycles. The third kappa shape index (κ3) is 3.33. The lowest BCUT2D eigenvalue weighted by Gasteiger charge is -2.36. The van der Waals surface area contributed by atoms with Crippen molar-refractivity contribution < 1.29 is 4.79 Å². The van der Waals surface area contributed by atoms with Crippen molar-refractivity contribution >= 4 is 33.8 Å². The molecule has 2 aromatic heterocycles. The highest BCUT2D eigenvalue weighted by Gasteiger charge is 2.34. The van der Waals surface area contributed by atoms with Crippen molar-refractivity contribution in [3.8, 4) is 6.07 Å². The summed E-state index contributed by atoms with van der Waals surface area (Å²) in [5, 5.41) is 17.1. The fourth-order valence-corrected chi connectivity index (χ4v) is 5.17. The minimum absolute atomic E-state index is 0.229. The van der Waals surface area contributed by atoms with E-state index in [1.165, 1.54) is 4.88 Å². The van der Waals surface area contributed by atoms with Crippen LogP contribution in [0.2, 0.25) is 0 Å². The fraction of sp³-hybridized carbons (Fsp3) is 0.556. The molecule has 2 heterocycles. The third-order valence-electron chi connectivity index (χ3n) is 5.48. The number of fused-ring (bicyclic) bond motifs is 1. The average molecular weight is 375 g/mol. The zero-order valence-corrected chi connectivity index (χ0v) is 16.6. The first-order valence-corrected chi connectivity index (χ1v) is 10.1. The Morgan fingerprint density at radius 3 is 2.84 bits per heavy atom. The minimum atomic E-state index is -0.229. The summed E-state index contributed by atoms with van der Waals surface area (Å²) in [5.74, 6) is 0.389. The second-order valence-electron chi connectivity index (χ2n) is 7.24. The lowest BCUT2D eigenvalue weighted by atomic mass is 9.69. The van der Waals surface area contributed by atoms with Crippen LogP contribution in [-0.2, 0) is 12.8 Å². The van der Waals surface area contributed by atoms with Crippen LogP contribution in [0.4, 0.5) is 5.00 Å². The molecule has 1 atom stereocenters. The maximum absolute atomic E-state index is 12.5. The van der Waals surface area contributed by atoms with E-state index < -0.39 is 0 Å². The number of thiophene rings is 1. The zero-order valence-electron chi connectivity index (χ0n) is 15.0. The van der Waals surface area contributed by atoms with E-state index in [1.54, 1.807) is 18.3 Å². The number of hydrogen-bond acceptors (Lipinski definition) is 6. The number of nitrogens with one attached hydrogen (secondary N) is 1. The van der Waals surface area contributed by atoms with E-state index >= 15 is 0 Å². The number of nitriles is 1. The van der Waals surface area contributed by atoms with Crippen LogP contribution in [0.15, 0.2) is 0 Å². The van der Waals surface area contributed by atoms with Crippen molar-refractivity contribution in [2.45, 2.75) is 53.4 Å². The lowest BCUT2D eigenvalue weighted by molar-refractivity contribution is 0.103. The van der Waals surface area contributed by atoms with Gasteiger partial charge in [-0.15, -0.1) is 16.4 Å². The number of amides is 1. The molecule has 1 amide bonds. The molecular weight excluding hydrogens is 352 g/mol. The second-order valence-corrected chi connectivity index (χ2v) is 9.10. The van der Waals surface area contributed by atoms with Gasteiger partial charge in [-0.05, 0) is 54.6 Å². The molecule has 0 unspecified atom stereocenters. The molecule has 3 rings (SSSR count). The van der Waals surface area contributed by atoms with Crippen LogP contribution in [0.1, 0.15) is 65.0 Å². The van der Waals surface area contributed by atoms with Gasteiger partial charge < -0.3 is 5.32 Å². The van der Waals surface area contributed by atoms with E-state index in [9.17, 15) is 10.1 Å². The molecule has 1 aliphatic rings. The molecule has 0 spiro atoms. The first-order valence-electron chi connectivity index (χ1n) is 8.52. The Morgan fingerprint density at radius 1 is 1.48 bits per heavy atom. The van der Waals surface area contributed by atoms with Gasteiger partial charge >= 0.3 is 0 Å². The van der Waals surface area contributed by atoms with Crippen molar-refractivity contribution in [2.24, 2.45) is 11.3 Å². The second kappa shape index (κ2) is 6.85. The molecule has 1 N–H and O–H groups in total. The Morgan fingerprint density at radius 2 is 2.24 bits per heavy atom. The van der Waals surface area contributed by atoms with E-state index in [4.69, 9.17) is 0 Å². The summed E-state index contributed by atoms with van der Waals surface area (Å²) < 4.78 is 3.81. The average Bonchev–Trinajstić information content (AvgIpc) is 3.16. The summed E-state index contributed by atoms with van der Waals surface area (Å²) in [6, 6.07) is 2.30. The molecule has 0 bridgehead atoms. The summed E-state index contributed by atoms with van der Waals surface area (Å²) in [6.07, 6.45) is 4.15. The molecule has 0 aromatic carbocycles. The van der Waals surface area contributed by atoms with E-state index in [-0.39, 0.29) is 5.91 Å². The van der Waals surface area contributed by atoms with Crippen LogP contribution in [0.25, 0.3) is 0 Å². The molecule has 0 saturated heterocycles. The summed E-state index contributed by atoms with van der Waals surface area (Å²) >= 11 is 2.64. The Labute approximate surface area is 156 Å². The standard InChI is InChI=1S/C18H22N4OS2/c1-5-18(3,4)11-6-7-12-13(9-19)17(24-14(12)8-11)20-16(23)15-10(2)21-22-25-15/h11H,5-8H2,1-4H3,(H,20,23)/t11-/m0/s1. The minimum Gasteiger partial charge on any atom is -0.312 e. The van der Waals surface area contributed by atoms with Crippen molar-refractivity contribution in [3.63, 3.8) is 0 Å². The Balaban J connectivity index is 1.87. The summed E-state index contributed by atoms with van der Waals surface area (Å²) in [7, 11) is 0. The quantitative estimate of drug-likeness (QED) is 0.850. The van der Waals surface area contributed by atoms with Crippen LogP contribution in [-0.4, -0.2) is 15.5 Å². The summed E-state index contributed by atoms with van der Waals surface area (Å²) in [4.78, 5) is 14.2. The number of aromatic nitrogens is 2. The SMILES string of the molecule is CCC(C)(C)[C@H]1CCc2c(sc(NC(=O)c3snnc3C)c2C#N)C1. The normalized spacial score (nSPS) is 17.0. The molecule has 0 aliphatic heterocycles. The highest BCUT2D eigenvalue weighted by Crippen LogP contribution is 2.45. The molecule has 0 radical (unpaired) electrons. The molecule has 132 valence electrons. The predicted molar refractivity (Wildman–Crippen MR) is 101 cm³/mol. The van der Waals surface area contributed by atoms with Crippen LogP contribution in [0.3, 0.4) is 0 Å². The van der Waals surface area contributed by atoms with Gasteiger partial charge in [0.15, 0.2) is 0 Å². The van der Waals surface area contributed by atoms with Gasteiger partial charge in [-0.25, -0.2) is 0 Å². The molecule has 5 nitrogen and oxygen atoms in total. The van der Waals surface area contributed by atoms with Crippen molar-refractivity contribution in [3.05, 3.63) is 26.6 Å². The van der Waals surface area contributed by atoms with Crippen molar-refractivity contribution in [1.29, 1.82) is 5.26 Å². The first kappa shape index (κ1) is 18.0. The molecule has 2 aromatic rings. The highest BCUT2D eigenvalue weighted by molar-refractivity contribution is 7.17. The van der Waals surface area contributed by atoms with Gasteiger partial charge in [-0.2, -0.15) is 5.26 Å². The van der Waals surface area contributed by atoms with Gasteiger partial charge in [-0.3, -0.25) is 4.79 Å². The maximum Gasteiger partial charge on any atom is 0.269 e. The number of carbonyl (C=O) groups is 1. The maximum atomic E-state index is 12.5. The predicted octanol–water partition coefficient (Wildman–Crippen LogP) is 4.57. The van der Waals surface area contributed by atoms with Crippen molar-refractivity contribution in [2.75, 3.05) is 5.32 Å². The van der Waals surface area contributed by atoms with Crippen LogP contribution < -0.4 is 5.32 Å². The molecule has 25 heavy (non-hydrogen) atoms. The number of nitrogens with zero attached hydrogens (tertiary/aromatic N) is 3. The van der Waals surface area contributed by atoms with E-state index in [0.717, 1.165) is 42.8 Å². The lowest BCUT2D eigenvalue weighted by Crippen LogP contribution is -2.28. The smallest absolute Gasteiger partial charge is 0.269 e. The fourth-order valence-electron chi connectivity index (χ4n) is 3.35. The van der Waals surface area contributed by atoms with Gasteiger partial charge in [0.2, 0.25) is 0 Å².